The van der Waals surface area contributed by atoms with Gasteiger partial charge in [-0.25, -0.2) is 13.1 Å². The first kappa shape index (κ1) is 16.4. The van der Waals surface area contributed by atoms with Gasteiger partial charge in [-0.1, -0.05) is 23.7 Å². The van der Waals surface area contributed by atoms with Gasteiger partial charge >= 0.3 is 0 Å². The standard InChI is InChI=1S/C14H13ClN2O4S/c15-12-3-1-11(2-4-12)9-10-16-22(20,21)14-7-5-13(6-8-14)17(18)19/h1-8,16H,9-10H2. The average molecular weight is 341 g/mol. The molecule has 0 heterocycles. The fraction of sp³-hybridized carbons (Fsp3) is 0.143. The number of nitro groups is 1. The topological polar surface area (TPSA) is 89.3 Å². The molecule has 0 aromatic heterocycles. The largest absolute Gasteiger partial charge is 0.269 e. The minimum Gasteiger partial charge on any atom is -0.258 e. The minimum absolute atomic E-state index is 0.00536. The predicted octanol–water partition coefficient (Wildman–Crippen LogP) is 2.77. The lowest BCUT2D eigenvalue weighted by Gasteiger charge is -2.07. The van der Waals surface area contributed by atoms with Crippen molar-refractivity contribution >= 4 is 27.3 Å². The van der Waals surface area contributed by atoms with Gasteiger partial charge in [-0.05, 0) is 36.2 Å². The molecule has 0 saturated carbocycles. The first-order valence-corrected chi connectivity index (χ1v) is 8.23. The Kier molecular flexibility index (Phi) is 5.12. The van der Waals surface area contributed by atoms with E-state index in [4.69, 9.17) is 11.6 Å². The Morgan fingerprint density at radius 2 is 1.64 bits per heavy atom. The summed E-state index contributed by atoms with van der Waals surface area (Å²) in [7, 11) is -3.68. The van der Waals surface area contributed by atoms with Crippen molar-refractivity contribution in [3.63, 3.8) is 0 Å². The summed E-state index contributed by atoms with van der Waals surface area (Å²) in [6.45, 7) is 0.223. The zero-order valence-corrected chi connectivity index (χ0v) is 13.0. The summed E-state index contributed by atoms with van der Waals surface area (Å²) in [5.41, 5.74) is 0.802. The molecular formula is C14H13ClN2O4S. The second-order valence-electron chi connectivity index (χ2n) is 4.53. The Balaban J connectivity index is 1.98. The molecule has 2 rings (SSSR count). The van der Waals surface area contributed by atoms with Crippen LogP contribution in [0.25, 0.3) is 0 Å². The lowest BCUT2D eigenvalue weighted by molar-refractivity contribution is -0.384. The zero-order chi connectivity index (χ0) is 16.2. The summed E-state index contributed by atoms with van der Waals surface area (Å²) in [4.78, 5) is 9.96. The van der Waals surface area contributed by atoms with E-state index in [1.807, 2.05) is 12.1 Å². The van der Waals surface area contributed by atoms with Crippen LogP contribution < -0.4 is 4.72 Å². The summed E-state index contributed by atoms with van der Waals surface area (Å²) in [6.07, 6.45) is 0.517. The van der Waals surface area contributed by atoms with Crippen molar-refractivity contribution in [2.75, 3.05) is 6.54 Å². The number of nitro benzene ring substituents is 1. The molecule has 22 heavy (non-hydrogen) atoms. The van der Waals surface area contributed by atoms with Gasteiger partial charge in [-0.2, -0.15) is 0 Å². The highest BCUT2D eigenvalue weighted by atomic mass is 35.5. The second-order valence-corrected chi connectivity index (χ2v) is 6.73. The number of sulfonamides is 1. The fourth-order valence-electron chi connectivity index (χ4n) is 1.81. The molecule has 0 amide bonds. The number of non-ortho nitro benzene ring substituents is 1. The van der Waals surface area contributed by atoms with E-state index >= 15 is 0 Å². The molecule has 0 atom stereocenters. The number of hydrogen-bond acceptors (Lipinski definition) is 4. The second kappa shape index (κ2) is 6.87. The maximum Gasteiger partial charge on any atom is 0.269 e. The van der Waals surface area contributed by atoms with Crippen molar-refractivity contribution in [2.45, 2.75) is 11.3 Å². The van der Waals surface area contributed by atoms with Crippen LogP contribution in [0.1, 0.15) is 5.56 Å². The molecule has 0 aliphatic rings. The van der Waals surface area contributed by atoms with E-state index in [1.165, 1.54) is 12.1 Å². The van der Waals surface area contributed by atoms with Gasteiger partial charge < -0.3 is 0 Å². The number of hydrogen-bond donors (Lipinski definition) is 1. The highest BCUT2D eigenvalue weighted by Crippen LogP contribution is 2.15. The molecule has 1 N–H and O–H groups in total. The van der Waals surface area contributed by atoms with Crippen molar-refractivity contribution < 1.29 is 13.3 Å². The molecule has 0 fully saturated rings. The van der Waals surface area contributed by atoms with Crippen LogP contribution in [0.5, 0.6) is 0 Å². The van der Waals surface area contributed by atoms with Gasteiger partial charge in [0.1, 0.15) is 0 Å². The number of nitrogens with one attached hydrogen (secondary N) is 1. The molecule has 0 bridgehead atoms. The third kappa shape index (κ3) is 4.27. The maximum absolute atomic E-state index is 12.1. The first-order chi connectivity index (χ1) is 10.4. The fourth-order valence-corrected chi connectivity index (χ4v) is 2.97. The predicted molar refractivity (Wildman–Crippen MR) is 83.4 cm³/mol. The quantitative estimate of drug-likeness (QED) is 0.646. The smallest absolute Gasteiger partial charge is 0.258 e. The van der Waals surface area contributed by atoms with Gasteiger partial charge in [0.2, 0.25) is 10.0 Å². The van der Waals surface area contributed by atoms with Gasteiger partial charge in [0.15, 0.2) is 0 Å². The van der Waals surface area contributed by atoms with Crippen molar-refractivity contribution in [1.82, 2.24) is 4.72 Å². The molecule has 0 spiro atoms. The Morgan fingerprint density at radius 3 is 2.18 bits per heavy atom. The molecule has 2 aromatic rings. The highest BCUT2D eigenvalue weighted by molar-refractivity contribution is 7.89. The Morgan fingerprint density at radius 1 is 1.05 bits per heavy atom. The molecular weight excluding hydrogens is 328 g/mol. The van der Waals surface area contributed by atoms with Crippen molar-refractivity contribution in [3.05, 3.63) is 69.2 Å². The van der Waals surface area contributed by atoms with Crippen LogP contribution in [0.15, 0.2) is 53.4 Å². The van der Waals surface area contributed by atoms with Gasteiger partial charge in [0, 0.05) is 23.7 Å². The van der Waals surface area contributed by atoms with Crippen LogP contribution in [0.2, 0.25) is 5.02 Å². The Hall–Kier alpha value is -1.96. The summed E-state index contributed by atoms with van der Waals surface area (Å²) in [5.74, 6) is 0. The molecule has 6 nitrogen and oxygen atoms in total. The molecule has 2 aromatic carbocycles. The van der Waals surface area contributed by atoms with E-state index in [-0.39, 0.29) is 17.1 Å². The molecule has 0 unspecified atom stereocenters. The number of benzene rings is 2. The molecule has 116 valence electrons. The molecule has 0 aliphatic heterocycles. The number of rotatable bonds is 6. The van der Waals surface area contributed by atoms with Crippen molar-refractivity contribution in [2.24, 2.45) is 0 Å². The molecule has 0 aliphatic carbocycles. The van der Waals surface area contributed by atoms with Gasteiger partial charge in [-0.3, -0.25) is 10.1 Å². The monoisotopic (exact) mass is 340 g/mol. The number of halogens is 1. The van der Waals surface area contributed by atoms with E-state index < -0.39 is 14.9 Å². The first-order valence-electron chi connectivity index (χ1n) is 6.37. The van der Waals surface area contributed by atoms with Crippen LogP contribution in [-0.4, -0.2) is 19.9 Å². The summed E-state index contributed by atoms with van der Waals surface area (Å²) in [6, 6.07) is 11.9. The maximum atomic E-state index is 12.1. The Labute approximate surface area is 132 Å². The lowest BCUT2D eigenvalue weighted by atomic mass is 10.2. The van der Waals surface area contributed by atoms with Gasteiger partial charge in [-0.15, -0.1) is 0 Å². The molecule has 0 radical (unpaired) electrons. The summed E-state index contributed by atoms with van der Waals surface area (Å²) in [5, 5.41) is 11.2. The SMILES string of the molecule is O=[N+]([O-])c1ccc(S(=O)(=O)NCCc2ccc(Cl)cc2)cc1. The van der Waals surface area contributed by atoms with Crippen molar-refractivity contribution in [3.8, 4) is 0 Å². The molecule has 0 saturated heterocycles. The van der Waals surface area contributed by atoms with Crippen molar-refractivity contribution in [1.29, 1.82) is 0 Å². The van der Waals surface area contributed by atoms with Gasteiger partial charge in [0.25, 0.3) is 5.69 Å². The number of nitrogens with zero attached hydrogens (tertiary/aromatic N) is 1. The van der Waals surface area contributed by atoms with E-state index in [0.29, 0.717) is 11.4 Å². The summed E-state index contributed by atoms with van der Waals surface area (Å²) < 4.78 is 26.6. The summed E-state index contributed by atoms with van der Waals surface area (Å²) >= 11 is 5.77. The third-order valence-corrected chi connectivity index (χ3v) is 4.71. The lowest BCUT2D eigenvalue weighted by Crippen LogP contribution is -2.25. The highest BCUT2D eigenvalue weighted by Gasteiger charge is 2.15. The van der Waals surface area contributed by atoms with Crippen LogP contribution in [-0.2, 0) is 16.4 Å². The van der Waals surface area contributed by atoms with Gasteiger partial charge in [0.05, 0.1) is 9.82 Å². The molecule has 8 heteroatoms. The van der Waals surface area contributed by atoms with E-state index in [0.717, 1.165) is 17.7 Å². The zero-order valence-electron chi connectivity index (χ0n) is 11.4. The van der Waals surface area contributed by atoms with Crippen LogP contribution in [0.4, 0.5) is 5.69 Å². The van der Waals surface area contributed by atoms with Crippen LogP contribution in [0.3, 0.4) is 0 Å². The average Bonchev–Trinajstić information content (AvgIpc) is 2.49. The third-order valence-electron chi connectivity index (χ3n) is 2.98. The van der Waals surface area contributed by atoms with Crippen LogP contribution in [0, 0.1) is 10.1 Å². The van der Waals surface area contributed by atoms with E-state index in [1.54, 1.807) is 12.1 Å². The normalized spacial score (nSPS) is 11.3. The Bertz CT molecular complexity index is 758. The van der Waals surface area contributed by atoms with E-state index in [9.17, 15) is 18.5 Å². The minimum atomic E-state index is -3.68. The van der Waals surface area contributed by atoms with Crippen LogP contribution >= 0.6 is 11.6 Å². The van der Waals surface area contributed by atoms with E-state index in [2.05, 4.69) is 4.72 Å².